The number of benzene rings is 3. The van der Waals surface area contributed by atoms with Gasteiger partial charge in [0.2, 0.25) is 5.91 Å². The number of aliphatic hydroxyl groups excluding tert-OH is 1. The first-order valence-corrected chi connectivity index (χ1v) is 16.3. The second kappa shape index (κ2) is 13.5. The van der Waals surface area contributed by atoms with E-state index in [0.717, 1.165) is 25.0 Å². The van der Waals surface area contributed by atoms with Crippen molar-refractivity contribution in [1.29, 1.82) is 0 Å². The van der Waals surface area contributed by atoms with Gasteiger partial charge >= 0.3 is 12.8 Å². The Hall–Kier alpha value is -3.75. The first kappa shape index (κ1) is 33.6. The number of amides is 1. The van der Waals surface area contributed by atoms with Crippen molar-refractivity contribution in [2.75, 3.05) is 30.4 Å². The number of alkyl halides is 5. The van der Waals surface area contributed by atoms with Gasteiger partial charge in [-0.15, -0.1) is 0 Å². The number of aliphatic hydroxyl groups is 1. The Labute approximate surface area is 262 Å². The summed E-state index contributed by atoms with van der Waals surface area (Å²) in [6, 6.07) is 14.2. The summed E-state index contributed by atoms with van der Waals surface area (Å²) in [5.41, 5.74) is 6.26. The summed E-state index contributed by atoms with van der Waals surface area (Å²) in [7, 11) is -3.48. The van der Waals surface area contributed by atoms with Gasteiger partial charge in [-0.05, 0) is 84.5 Å². The Morgan fingerprint density at radius 1 is 1.02 bits per heavy atom. The van der Waals surface area contributed by atoms with Crippen molar-refractivity contribution in [3.05, 3.63) is 89.0 Å². The number of carbonyl (C=O) groups is 1. The first-order valence-electron chi connectivity index (χ1n) is 14.6. The lowest BCUT2D eigenvalue weighted by Gasteiger charge is -2.28. The van der Waals surface area contributed by atoms with Crippen LogP contribution in [0.3, 0.4) is 0 Å². The summed E-state index contributed by atoms with van der Waals surface area (Å²) in [4.78, 5) is 14.3. The van der Waals surface area contributed by atoms with Crippen molar-refractivity contribution in [2.24, 2.45) is 11.7 Å². The quantitative estimate of drug-likeness (QED) is 0.235. The predicted molar refractivity (Wildman–Crippen MR) is 159 cm³/mol. The van der Waals surface area contributed by atoms with E-state index < -0.39 is 65.4 Å². The third-order valence-corrected chi connectivity index (χ3v) is 10.2. The number of hydrogen-bond donors (Lipinski definition) is 2. The predicted octanol–water partition coefficient (Wildman–Crippen LogP) is 5.38. The van der Waals surface area contributed by atoms with Crippen LogP contribution in [-0.2, 0) is 20.8 Å². The fraction of sp³-hybridized carbons (Fsp3) is 0.406. The van der Waals surface area contributed by atoms with Crippen LogP contribution >= 0.6 is 0 Å². The summed E-state index contributed by atoms with van der Waals surface area (Å²) < 4.78 is 101. The van der Waals surface area contributed by atoms with Crippen molar-refractivity contribution < 1.29 is 49.7 Å². The van der Waals surface area contributed by atoms with Crippen LogP contribution in [0.1, 0.15) is 52.2 Å². The van der Waals surface area contributed by atoms with Gasteiger partial charge < -0.3 is 25.2 Å². The van der Waals surface area contributed by atoms with Crippen LogP contribution in [0.5, 0.6) is 5.75 Å². The highest BCUT2D eigenvalue weighted by molar-refractivity contribution is 7.91. The molecular weight excluding hydrogens is 635 g/mol. The Morgan fingerprint density at radius 2 is 1.70 bits per heavy atom. The molecule has 0 spiro atoms. The van der Waals surface area contributed by atoms with Crippen molar-refractivity contribution in [3.8, 4) is 5.75 Å². The molecule has 2 fully saturated rings. The molecule has 0 radical (unpaired) electrons. The summed E-state index contributed by atoms with van der Waals surface area (Å²) >= 11 is 0. The molecule has 1 aliphatic heterocycles. The number of sulfone groups is 1. The van der Waals surface area contributed by atoms with E-state index in [1.54, 1.807) is 29.2 Å². The van der Waals surface area contributed by atoms with Crippen LogP contribution in [0.2, 0.25) is 0 Å². The van der Waals surface area contributed by atoms with Crippen LogP contribution in [0.25, 0.3) is 0 Å². The van der Waals surface area contributed by atoms with Gasteiger partial charge in [-0.3, -0.25) is 4.79 Å². The molecule has 5 rings (SSSR count). The van der Waals surface area contributed by atoms with Gasteiger partial charge in [-0.2, -0.15) is 22.0 Å². The zero-order valence-corrected chi connectivity index (χ0v) is 25.3. The third-order valence-electron chi connectivity index (χ3n) is 8.26. The molecule has 1 unspecified atom stereocenters. The Kier molecular flexibility index (Phi) is 9.89. The summed E-state index contributed by atoms with van der Waals surface area (Å²) in [6.07, 6.45) is -3.17. The molecule has 248 valence electrons. The standard InChI is InChI=1S/C32H33F5N2O6S/c33-31(34)44-17-23-13-25(45-24-8-5-21(6-9-24)32(35,36)37)15-39(23)22-7-12-27(30(38)41)28(14-22)29(16-40)20-3-10-26(11-4-20)46(42,43)18-19-1-2-19/h3-12,14,19,23,25,29,31,40H,1-2,13,15-18H2,(H2,38,41)/t23-,25-,29?/m0/s1. The largest absolute Gasteiger partial charge is 0.489 e. The summed E-state index contributed by atoms with van der Waals surface area (Å²) in [5, 5.41) is 10.4. The Morgan fingerprint density at radius 3 is 2.26 bits per heavy atom. The summed E-state index contributed by atoms with van der Waals surface area (Å²) in [6.45, 7) is -3.75. The second-order valence-corrected chi connectivity index (χ2v) is 13.6. The number of carbonyl (C=O) groups excluding carboxylic acids is 1. The number of anilines is 1. The average Bonchev–Trinajstić information content (AvgIpc) is 3.72. The maximum Gasteiger partial charge on any atom is 0.416 e. The molecule has 1 amide bonds. The van der Waals surface area contributed by atoms with E-state index in [2.05, 4.69) is 4.74 Å². The molecule has 3 atom stereocenters. The second-order valence-electron chi connectivity index (χ2n) is 11.6. The number of primary amides is 1. The minimum Gasteiger partial charge on any atom is -0.489 e. The van der Waals surface area contributed by atoms with Gasteiger partial charge in [0.25, 0.3) is 0 Å². The Bertz CT molecular complexity index is 1630. The normalized spacial score (nSPS) is 19.4. The molecule has 46 heavy (non-hydrogen) atoms. The smallest absolute Gasteiger partial charge is 0.416 e. The van der Waals surface area contributed by atoms with Crippen molar-refractivity contribution in [3.63, 3.8) is 0 Å². The third kappa shape index (κ3) is 7.96. The molecule has 3 N–H and O–H groups in total. The van der Waals surface area contributed by atoms with Crippen LogP contribution in [0.4, 0.5) is 27.6 Å². The number of ether oxygens (including phenoxy) is 2. The van der Waals surface area contributed by atoms with E-state index in [4.69, 9.17) is 10.5 Å². The molecule has 0 aromatic heterocycles. The first-order chi connectivity index (χ1) is 21.7. The monoisotopic (exact) mass is 668 g/mol. The van der Waals surface area contributed by atoms with E-state index in [0.29, 0.717) is 16.8 Å². The van der Waals surface area contributed by atoms with E-state index in [1.807, 2.05) is 0 Å². The highest BCUT2D eigenvalue weighted by Crippen LogP contribution is 2.37. The molecule has 3 aromatic carbocycles. The van der Waals surface area contributed by atoms with E-state index in [9.17, 15) is 40.3 Å². The molecule has 3 aromatic rings. The number of rotatable bonds is 13. The molecule has 2 aliphatic rings. The number of nitrogens with two attached hydrogens (primary N) is 1. The van der Waals surface area contributed by atoms with Gasteiger partial charge in [-0.1, -0.05) is 12.1 Å². The highest BCUT2D eigenvalue weighted by atomic mass is 32.2. The zero-order valence-electron chi connectivity index (χ0n) is 24.5. The minimum atomic E-state index is -4.52. The highest BCUT2D eigenvalue weighted by Gasteiger charge is 2.36. The lowest BCUT2D eigenvalue weighted by Crippen LogP contribution is -2.34. The number of halogens is 5. The van der Waals surface area contributed by atoms with E-state index >= 15 is 0 Å². The molecule has 1 saturated carbocycles. The maximum atomic E-state index is 13.0. The fourth-order valence-corrected chi connectivity index (χ4v) is 7.45. The maximum absolute atomic E-state index is 13.0. The average molecular weight is 669 g/mol. The van der Waals surface area contributed by atoms with Crippen LogP contribution < -0.4 is 15.4 Å². The van der Waals surface area contributed by atoms with E-state index in [-0.39, 0.29) is 40.8 Å². The molecule has 1 saturated heterocycles. The fourth-order valence-electron chi connectivity index (χ4n) is 5.76. The van der Waals surface area contributed by atoms with Crippen LogP contribution in [0.15, 0.2) is 71.6 Å². The van der Waals surface area contributed by atoms with Gasteiger partial charge in [-0.25, -0.2) is 8.42 Å². The minimum absolute atomic E-state index is 0.0689. The zero-order chi connectivity index (χ0) is 33.2. The van der Waals surface area contributed by atoms with Crippen molar-refractivity contribution in [2.45, 2.75) is 55.0 Å². The molecule has 1 heterocycles. The van der Waals surface area contributed by atoms with Crippen LogP contribution in [-0.4, -0.2) is 63.7 Å². The molecule has 14 heteroatoms. The summed E-state index contributed by atoms with van der Waals surface area (Å²) in [5.74, 6) is -1.16. The SMILES string of the molecule is NC(=O)c1ccc(N2C[C@@H](Oc3ccc(C(F)(F)F)cc3)C[C@H]2COC(F)F)cc1C(CO)c1ccc(S(=O)(=O)CC2CC2)cc1. The Balaban J connectivity index is 1.42. The van der Waals surface area contributed by atoms with Gasteiger partial charge in [0, 0.05) is 23.6 Å². The molecular formula is C32H33F5N2O6S. The lowest BCUT2D eigenvalue weighted by atomic mass is 9.88. The van der Waals surface area contributed by atoms with Gasteiger partial charge in [0.15, 0.2) is 9.84 Å². The molecule has 8 nitrogen and oxygen atoms in total. The number of nitrogens with zero attached hydrogens (tertiary/aromatic N) is 1. The van der Waals surface area contributed by atoms with Gasteiger partial charge in [0.05, 0.1) is 42.0 Å². The topological polar surface area (TPSA) is 119 Å². The number of hydrogen-bond acceptors (Lipinski definition) is 7. The molecule has 1 aliphatic carbocycles. The van der Waals surface area contributed by atoms with E-state index in [1.165, 1.54) is 30.3 Å². The van der Waals surface area contributed by atoms with Crippen molar-refractivity contribution >= 4 is 21.4 Å². The van der Waals surface area contributed by atoms with Crippen LogP contribution in [0, 0.1) is 5.92 Å². The van der Waals surface area contributed by atoms with Crippen molar-refractivity contribution in [1.82, 2.24) is 0 Å². The lowest BCUT2D eigenvalue weighted by molar-refractivity contribution is -0.137. The molecule has 0 bridgehead atoms. The van der Waals surface area contributed by atoms with Gasteiger partial charge in [0.1, 0.15) is 11.9 Å².